The van der Waals surface area contributed by atoms with Gasteiger partial charge in [0.15, 0.2) is 6.10 Å². The minimum absolute atomic E-state index is 0.113. The fraction of sp³-hybridized carbons (Fsp3) is 0.350. The molecule has 126 valence electrons. The Kier molecular flexibility index (Phi) is 5.56. The molecule has 0 bridgehead atoms. The van der Waals surface area contributed by atoms with Crippen molar-refractivity contribution in [2.75, 3.05) is 5.32 Å². The summed E-state index contributed by atoms with van der Waals surface area (Å²) in [6.45, 7) is 1.96. The number of ether oxygens (including phenoxy) is 1. The quantitative estimate of drug-likeness (QED) is 0.772. The molecule has 0 radical (unpaired) electrons. The molecule has 0 saturated carbocycles. The van der Waals surface area contributed by atoms with Gasteiger partial charge < -0.3 is 10.1 Å². The fourth-order valence-corrected chi connectivity index (χ4v) is 3.29. The Hall–Kier alpha value is -1.81. The van der Waals surface area contributed by atoms with Gasteiger partial charge in [0.25, 0.3) is 5.91 Å². The summed E-state index contributed by atoms with van der Waals surface area (Å²) in [5.74, 6) is 0.672. The van der Waals surface area contributed by atoms with Gasteiger partial charge in [0.05, 0.1) is 0 Å². The van der Waals surface area contributed by atoms with Crippen LogP contribution >= 0.6 is 15.9 Å². The monoisotopic (exact) mass is 387 g/mol. The number of fused-ring (bicyclic) bond motifs is 1. The van der Waals surface area contributed by atoms with Crippen LogP contribution in [0, 0.1) is 0 Å². The van der Waals surface area contributed by atoms with Crippen molar-refractivity contribution in [3.8, 4) is 5.75 Å². The minimum atomic E-state index is -0.490. The number of anilines is 1. The molecule has 1 amide bonds. The molecular weight excluding hydrogens is 366 g/mol. The van der Waals surface area contributed by atoms with Crippen molar-refractivity contribution in [1.29, 1.82) is 0 Å². The lowest BCUT2D eigenvalue weighted by molar-refractivity contribution is -0.122. The highest BCUT2D eigenvalue weighted by Crippen LogP contribution is 2.26. The van der Waals surface area contributed by atoms with Gasteiger partial charge in [0, 0.05) is 10.2 Å². The van der Waals surface area contributed by atoms with E-state index in [2.05, 4.69) is 33.4 Å². The van der Waals surface area contributed by atoms with Gasteiger partial charge in [0.2, 0.25) is 0 Å². The van der Waals surface area contributed by atoms with Gasteiger partial charge in [-0.15, -0.1) is 0 Å². The number of carbonyl (C=O) groups is 1. The highest BCUT2D eigenvalue weighted by atomic mass is 79.9. The van der Waals surface area contributed by atoms with Crippen molar-refractivity contribution >= 4 is 27.5 Å². The Morgan fingerprint density at radius 2 is 1.83 bits per heavy atom. The molecule has 4 heteroatoms. The third-order valence-corrected chi connectivity index (χ3v) is 4.90. The van der Waals surface area contributed by atoms with Crippen molar-refractivity contribution in [3.63, 3.8) is 0 Å². The predicted molar refractivity (Wildman–Crippen MR) is 101 cm³/mol. The lowest BCUT2D eigenvalue weighted by Gasteiger charge is -2.20. The number of benzene rings is 2. The number of amides is 1. The summed E-state index contributed by atoms with van der Waals surface area (Å²) in [4.78, 5) is 12.5. The molecule has 0 fully saturated rings. The number of nitrogens with one attached hydrogen (secondary N) is 1. The summed E-state index contributed by atoms with van der Waals surface area (Å²) in [7, 11) is 0. The number of carbonyl (C=O) groups excluding carboxylic acids is 1. The summed E-state index contributed by atoms with van der Waals surface area (Å²) in [6, 6.07) is 13.8. The summed E-state index contributed by atoms with van der Waals surface area (Å²) in [5.41, 5.74) is 3.55. The lowest BCUT2D eigenvalue weighted by Crippen LogP contribution is -2.32. The maximum absolute atomic E-state index is 12.5. The molecule has 2 aromatic rings. The van der Waals surface area contributed by atoms with Gasteiger partial charge in [0.1, 0.15) is 5.75 Å². The van der Waals surface area contributed by atoms with Crippen molar-refractivity contribution in [3.05, 3.63) is 58.1 Å². The van der Waals surface area contributed by atoms with Crippen LogP contribution in [0.3, 0.4) is 0 Å². The largest absolute Gasteiger partial charge is 0.481 e. The average molecular weight is 388 g/mol. The van der Waals surface area contributed by atoms with E-state index in [0.717, 1.165) is 28.8 Å². The van der Waals surface area contributed by atoms with Crippen LogP contribution in [0.1, 0.15) is 37.3 Å². The van der Waals surface area contributed by atoms with Gasteiger partial charge >= 0.3 is 0 Å². The molecular formula is C20H22BrNO2. The van der Waals surface area contributed by atoms with E-state index >= 15 is 0 Å². The van der Waals surface area contributed by atoms with Crippen molar-refractivity contribution < 1.29 is 9.53 Å². The molecule has 0 heterocycles. The number of halogens is 1. The molecule has 1 aliphatic carbocycles. The van der Waals surface area contributed by atoms with E-state index < -0.39 is 6.10 Å². The number of rotatable bonds is 5. The smallest absolute Gasteiger partial charge is 0.265 e. The Morgan fingerprint density at radius 1 is 1.12 bits per heavy atom. The van der Waals surface area contributed by atoms with Gasteiger partial charge in [-0.3, -0.25) is 4.79 Å². The van der Waals surface area contributed by atoms with E-state index in [9.17, 15) is 4.79 Å². The first-order valence-corrected chi connectivity index (χ1v) is 9.30. The third kappa shape index (κ3) is 4.18. The maximum Gasteiger partial charge on any atom is 0.265 e. The zero-order chi connectivity index (χ0) is 16.9. The van der Waals surface area contributed by atoms with E-state index in [-0.39, 0.29) is 5.91 Å². The second kappa shape index (κ2) is 7.84. The molecule has 2 aromatic carbocycles. The molecule has 24 heavy (non-hydrogen) atoms. The Morgan fingerprint density at radius 3 is 2.54 bits per heavy atom. The van der Waals surface area contributed by atoms with Crippen LogP contribution in [0.15, 0.2) is 46.9 Å². The molecule has 0 aromatic heterocycles. The maximum atomic E-state index is 12.5. The first-order valence-electron chi connectivity index (χ1n) is 8.50. The molecule has 1 atom stereocenters. The molecule has 3 nitrogen and oxygen atoms in total. The number of hydrogen-bond acceptors (Lipinski definition) is 2. The average Bonchev–Trinajstić information content (AvgIpc) is 2.61. The highest BCUT2D eigenvalue weighted by molar-refractivity contribution is 9.10. The van der Waals surface area contributed by atoms with Crippen molar-refractivity contribution in [1.82, 2.24) is 0 Å². The van der Waals surface area contributed by atoms with Crippen LogP contribution in [0.5, 0.6) is 5.75 Å². The van der Waals surface area contributed by atoms with Gasteiger partial charge in [-0.2, -0.15) is 0 Å². The molecule has 1 N–H and O–H groups in total. The lowest BCUT2D eigenvalue weighted by atomic mass is 9.92. The first kappa shape index (κ1) is 17.0. The van der Waals surface area contributed by atoms with Crippen LogP contribution in [0.4, 0.5) is 5.69 Å². The summed E-state index contributed by atoms with van der Waals surface area (Å²) in [6.07, 6.45) is 4.89. The molecule has 0 spiro atoms. The Balaban J connectivity index is 1.67. The van der Waals surface area contributed by atoms with E-state index in [0.29, 0.717) is 6.42 Å². The van der Waals surface area contributed by atoms with E-state index in [1.807, 2.05) is 37.3 Å². The SMILES string of the molecule is CCC(Oc1ccc2c(c1)CCCC2)C(=O)Nc1ccc(Br)cc1. The van der Waals surface area contributed by atoms with Crippen molar-refractivity contribution in [2.45, 2.75) is 45.1 Å². The standard InChI is InChI=1S/C20H22BrNO2/c1-2-19(20(23)22-17-10-8-16(21)9-11-17)24-18-12-7-14-5-3-4-6-15(14)13-18/h7-13,19H,2-6H2,1H3,(H,22,23). The number of aryl methyl sites for hydroxylation is 2. The van der Waals surface area contributed by atoms with Crippen LogP contribution < -0.4 is 10.1 Å². The zero-order valence-electron chi connectivity index (χ0n) is 13.8. The minimum Gasteiger partial charge on any atom is -0.481 e. The second-order valence-corrected chi connectivity index (χ2v) is 7.06. The summed E-state index contributed by atoms with van der Waals surface area (Å²) in [5, 5.41) is 2.92. The van der Waals surface area contributed by atoms with Crippen LogP contribution in [-0.2, 0) is 17.6 Å². The Labute approximate surface area is 151 Å². The van der Waals surface area contributed by atoms with E-state index in [1.165, 1.54) is 24.0 Å². The summed E-state index contributed by atoms with van der Waals surface area (Å²) >= 11 is 3.39. The predicted octanol–water partition coefficient (Wildman–Crippen LogP) is 5.12. The van der Waals surface area contributed by atoms with Gasteiger partial charge in [-0.05, 0) is 79.6 Å². The third-order valence-electron chi connectivity index (χ3n) is 4.37. The topological polar surface area (TPSA) is 38.3 Å². The first-order chi connectivity index (χ1) is 11.7. The highest BCUT2D eigenvalue weighted by Gasteiger charge is 2.19. The van der Waals surface area contributed by atoms with E-state index in [1.54, 1.807) is 0 Å². The molecule has 0 aliphatic heterocycles. The fourth-order valence-electron chi connectivity index (χ4n) is 3.03. The van der Waals surface area contributed by atoms with Gasteiger partial charge in [-0.25, -0.2) is 0 Å². The van der Waals surface area contributed by atoms with Crippen LogP contribution in [0.2, 0.25) is 0 Å². The summed E-state index contributed by atoms with van der Waals surface area (Å²) < 4.78 is 6.95. The van der Waals surface area contributed by atoms with Crippen molar-refractivity contribution in [2.24, 2.45) is 0 Å². The zero-order valence-corrected chi connectivity index (χ0v) is 15.4. The molecule has 0 saturated heterocycles. The second-order valence-electron chi connectivity index (χ2n) is 6.15. The van der Waals surface area contributed by atoms with E-state index in [4.69, 9.17) is 4.74 Å². The molecule has 1 aliphatic rings. The Bertz CT molecular complexity index is 712. The van der Waals surface area contributed by atoms with Crippen LogP contribution in [0.25, 0.3) is 0 Å². The molecule has 1 unspecified atom stereocenters. The van der Waals surface area contributed by atoms with Gasteiger partial charge in [-0.1, -0.05) is 28.9 Å². The molecule has 3 rings (SSSR count). The number of hydrogen-bond donors (Lipinski definition) is 1. The van der Waals surface area contributed by atoms with Crippen LogP contribution in [-0.4, -0.2) is 12.0 Å². The normalized spacial score (nSPS) is 14.6.